The number of aryl methyl sites for hydroxylation is 1. The van der Waals surface area contributed by atoms with E-state index < -0.39 is 5.82 Å². The fourth-order valence-electron chi connectivity index (χ4n) is 5.22. The van der Waals surface area contributed by atoms with Gasteiger partial charge in [0.15, 0.2) is 5.78 Å². The molecule has 3 aromatic rings. The molecular formula is C28H31FN4O3. The molecule has 3 heterocycles. The Balaban J connectivity index is 1.38. The van der Waals surface area contributed by atoms with Crippen LogP contribution in [0.4, 0.5) is 27.3 Å². The third kappa shape index (κ3) is 5.05. The number of aliphatic hydroxyl groups is 1. The van der Waals surface area contributed by atoms with Crippen LogP contribution in [0.1, 0.15) is 46.3 Å². The SMILES string of the molecule is Cc1cc(F)c(Nc2ccnc3c2C(=O)Cc2cc(CN4CCCC(CCO)C4)ccc2N3)cc1O. The van der Waals surface area contributed by atoms with E-state index in [2.05, 4.69) is 32.7 Å². The number of Topliss-reactive ketones (excluding diaryl/α,β-unsaturated/α-hetero) is 1. The van der Waals surface area contributed by atoms with Crippen molar-refractivity contribution in [1.82, 2.24) is 9.88 Å². The number of phenolic OH excluding ortho intramolecular Hbond substituents is 1. The quantitative estimate of drug-likeness (QED) is 0.384. The second-order valence-corrected chi connectivity index (χ2v) is 9.80. The van der Waals surface area contributed by atoms with Crippen molar-refractivity contribution in [2.75, 3.05) is 30.3 Å². The molecular weight excluding hydrogens is 459 g/mol. The van der Waals surface area contributed by atoms with Crippen molar-refractivity contribution in [2.45, 2.75) is 39.2 Å². The predicted octanol–water partition coefficient (Wildman–Crippen LogP) is 5.06. The molecule has 1 atom stereocenters. The summed E-state index contributed by atoms with van der Waals surface area (Å²) in [6.07, 6.45) is 4.89. The molecule has 1 saturated heterocycles. The number of fused-ring (bicyclic) bond motifs is 2. The van der Waals surface area contributed by atoms with Gasteiger partial charge < -0.3 is 20.8 Å². The number of benzene rings is 2. The molecule has 188 valence electrons. The number of hydrogen-bond donors (Lipinski definition) is 4. The Kier molecular flexibility index (Phi) is 6.89. The standard InChI is InChI=1S/C28H31FN4O3/c1-17-11-21(29)24(14-25(17)35)31-23-6-8-30-28-27(23)26(36)13-20-12-19(4-5-22(20)32-28)16-33-9-2-3-18(15-33)7-10-34/h4-6,8,11-12,14,18,34-35H,2-3,7,9-10,13,15-16H2,1H3,(H2,30,31,32). The van der Waals surface area contributed by atoms with Crippen LogP contribution in [-0.4, -0.2) is 45.6 Å². The van der Waals surface area contributed by atoms with E-state index in [1.54, 1.807) is 19.2 Å². The summed E-state index contributed by atoms with van der Waals surface area (Å²) in [6.45, 7) is 4.67. The fraction of sp³-hybridized carbons (Fsp3) is 0.357. The number of piperidine rings is 1. The average molecular weight is 491 g/mol. The maximum atomic E-state index is 14.5. The van der Waals surface area contributed by atoms with Gasteiger partial charge in [-0.1, -0.05) is 12.1 Å². The number of aromatic hydroxyl groups is 1. The van der Waals surface area contributed by atoms with Gasteiger partial charge in [-0.3, -0.25) is 9.69 Å². The van der Waals surface area contributed by atoms with E-state index in [4.69, 9.17) is 0 Å². The maximum absolute atomic E-state index is 14.5. The number of anilines is 4. The smallest absolute Gasteiger partial charge is 0.173 e. The summed E-state index contributed by atoms with van der Waals surface area (Å²) in [7, 11) is 0. The minimum atomic E-state index is -0.517. The number of hydrogen-bond acceptors (Lipinski definition) is 7. The van der Waals surface area contributed by atoms with Crippen LogP contribution < -0.4 is 10.6 Å². The van der Waals surface area contributed by atoms with Crippen LogP contribution in [0, 0.1) is 18.7 Å². The fourth-order valence-corrected chi connectivity index (χ4v) is 5.22. The first kappa shape index (κ1) is 24.2. The van der Waals surface area contributed by atoms with Crippen LogP contribution >= 0.6 is 0 Å². The van der Waals surface area contributed by atoms with Gasteiger partial charge in [0.2, 0.25) is 0 Å². The first-order valence-corrected chi connectivity index (χ1v) is 12.4. The zero-order chi connectivity index (χ0) is 25.2. The molecule has 8 heteroatoms. The molecule has 1 fully saturated rings. The van der Waals surface area contributed by atoms with Crippen LogP contribution in [0.5, 0.6) is 5.75 Å². The summed E-state index contributed by atoms with van der Waals surface area (Å²) in [5.74, 6) is 0.272. The molecule has 0 bridgehead atoms. The van der Waals surface area contributed by atoms with Gasteiger partial charge in [-0.25, -0.2) is 9.37 Å². The lowest BCUT2D eigenvalue weighted by atomic mass is 9.94. The van der Waals surface area contributed by atoms with E-state index in [-0.39, 0.29) is 30.2 Å². The van der Waals surface area contributed by atoms with Gasteiger partial charge in [0.05, 0.1) is 16.9 Å². The van der Waals surface area contributed by atoms with Gasteiger partial charge in [0.25, 0.3) is 0 Å². The van der Waals surface area contributed by atoms with Crippen molar-refractivity contribution in [1.29, 1.82) is 0 Å². The largest absolute Gasteiger partial charge is 0.508 e. The first-order valence-electron chi connectivity index (χ1n) is 12.4. The Morgan fingerprint density at radius 1 is 1.22 bits per heavy atom. The van der Waals surface area contributed by atoms with Gasteiger partial charge in [-0.2, -0.15) is 0 Å². The summed E-state index contributed by atoms with van der Waals surface area (Å²) < 4.78 is 14.5. The normalized spacial score (nSPS) is 17.6. The van der Waals surface area contributed by atoms with Crippen LogP contribution in [0.15, 0.2) is 42.6 Å². The van der Waals surface area contributed by atoms with Crippen LogP contribution in [0.2, 0.25) is 0 Å². The molecule has 1 unspecified atom stereocenters. The minimum Gasteiger partial charge on any atom is -0.508 e. The number of likely N-dealkylation sites (tertiary alicyclic amines) is 1. The van der Waals surface area contributed by atoms with E-state index in [9.17, 15) is 19.4 Å². The number of ketones is 1. The van der Waals surface area contributed by atoms with Gasteiger partial charge in [0, 0.05) is 44.1 Å². The number of halogens is 1. The van der Waals surface area contributed by atoms with E-state index in [1.165, 1.54) is 12.1 Å². The monoisotopic (exact) mass is 490 g/mol. The number of nitrogens with one attached hydrogen (secondary N) is 2. The molecule has 2 aliphatic rings. The first-order chi connectivity index (χ1) is 17.4. The number of nitrogens with zero attached hydrogens (tertiary/aromatic N) is 2. The number of pyridine rings is 1. The van der Waals surface area contributed by atoms with Crippen molar-refractivity contribution >= 4 is 28.7 Å². The molecule has 2 aliphatic heterocycles. The molecule has 36 heavy (non-hydrogen) atoms. The minimum absolute atomic E-state index is 0.0279. The number of rotatable bonds is 6. The summed E-state index contributed by atoms with van der Waals surface area (Å²) in [6, 6.07) is 10.3. The third-order valence-electron chi connectivity index (χ3n) is 7.11. The summed E-state index contributed by atoms with van der Waals surface area (Å²) >= 11 is 0. The molecule has 0 aliphatic carbocycles. The molecule has 0 spiro atoms. The average Bonchev–Trinajstić information content (AvgIpc) is 2.99. The summed E-state index contributed by atoms with van der Waals surface area (Å²) in [5.41, 5.74) is 4.17. The highest BCUT2D eigenvalue weighted by Crippen LogP contribution is 2.36. The van der Waals surface area contributed by atoms with Crippen molar-refractivity contribution in [3.63, 3.8) is 0 Å². The summed E-state index contributed by atoms with van der Waals surface area (Å²) in [5, 5.41) is 25.6. The molecule has 7 nitrogen and oxygen atoms in total. The van der Waals surface area contributed by atoms with Crippen molar-refractivity contribution in [3.05, 3.63) is 70.7 Å². The van der Waals surface area contributed by atoms with Crippen molar-refractivity contribution in [2.24, 2.45) is 5.92 Å². The van der Waals surface area contributed by atoms with E-state index in [1.807, 2.05) is 6.07 Å². The topological polar surface area (TPSA) is 97.7 Å². The highest BCUT2D eigenvalue weighted by atomic mass is 19.1. The Morgan fingerprint density at radius 2 is 2.08 bits per heavy atom. The zero-order valence-electron chi connectivity index (χ0n) is 20.4. The summed E-state index contributed by atoms with van der Waals surface area (Å²) in [4.78, 5) is 20.2. The number of phenols is 1. The van der Waals surface area contributed by atoms with Crippen molar-refractivity contribution in [3.8, 4) is 5.75 Å². The Labute approximate surface area is 210 Å². The van der Waals surface area contributed by atoms with Gasteiger partial charge >= 0.3 is 0 Å². The molecule has 2 aromatic carbocycles. The third-order valence-corrected chi connectivity index (χ3v) is 7.11. The molecule has 1 aromatic heterocycles. The van der Waals surface area contributed by atoms with E-state index in [0.29, 0.717) is 28.6 Å². The molecule has 0 radical (unpaired) electrons. The number of carbonyl (C=O) groups is 1. The van der Waals surface area contributed by atoms with Crippen molar-refractivity contribution < 1.29 is 19.4 Å². The maximum Gasteiger partial charge on any atom is 0.173 e. The van der Waals surface area contributed by atoms with Crippen LogP contribution in [-0.2, 0) is 13.0 Å². The second-order valence-electron chi connectivity index (χ2n) is 9.80. The predicted molar refractivity (Wildman–Crippen MR) is 138 cm³/mol. The number of aromatic nitrogens is 1. The lowest BCUT2D eigenvalue weighted by Gasteiger charge is -2.32. The van der Waals surface area contributed by atoms with Crippen LogP contribution in [0.3, 0.4) is 0 Å². The molecule has 0 amide bonds. The lowest BCUT2D eigenvalue weighted by Crippen LogP contribution is -2.35. The van der Waals surface area contributed by atoms with Gasteiger partial charge in [-0.05, 0) is 73.5 Å². The highest BCUT2D eigenvalue weighted by molar-refractivity contribution is 6.09. The van der Waals surface area contributed by atoms with Crippen LogP contribution in [0.25, 0.3) is 0 Å². The zero-order valence-corrected chi connectivity index (χ0v) is 20.4. The van der Waals surface area contributed by atoms with E-state index in [0.717, 1.165) is 55.7 Å². The number of aliphatic hydroxyl groups excluding tert-OH is 1. The van der Waals surface area contributed by atoms with Gasteiger partial charge in [-0.15, -0.1) is 0 Å². The number of carbonyl (C=O) groups excluding carboxylic acids is 1. The molecule has 5 rings (SSSR count). The molecule has 4 N–H and O–H groups in total. The molecule has 0 saturated carbocycles. The highest BCUT2D eigenvalue weighted by Gasteiger charge is 2.25. The lowest BCUT2D eigenvalue weighted by molar-refractivity contribution is 0.0995. The Hall–Kier alpha value is -3.49. The Bertz CT molecular complexity index is 1290. The van der Waals surface area contributed by atoms with E-state index >= 15 is 0 Å². The van der Waals surface area contributed by atoms with Gasteiger partial charge in [0.1, 0.15) is 17.4 Å². The Morgan fingerprint density at radius 3 is 2.92 bits per heavy atom. The second kappa shape index (κ2) is 10.2.